The van der Waals surface area contributed by atoms with Crippen LogP contribution < -0.4 is 5.73 Å². The van der Waals surface area contributed by atoms with Crippen molar-refractivity contribution in [1.29, 1.82) is 0 Å². The fourth-order valence-electron chi connectivity index (χ4n) is 1.77. The number of rotatable bonds is 1. The summed E-state index contributed by atoms with van der Waals surface area (Å²) < 4.78 is 63.0. The zero-order valence-electron chi connectivity index (χ0n) is 9.47. The Morgan fingerprint density at radius 1 is 1.26 bits per heavy atom. The van der Waals surface area contributed by atoms with Gasteiger partial charge >= 0.3 is 6.18 Å². The number of hydrogen-bond donors (Lipinski definition) is 1. The highest BCUT2D eigenvalue weighted by Gasteiger charge is 2.46. The Hall–Kier alpha value is -1.86. The van der Waals surface area contributed by atoms with Crippen molar-refractivity contribution in [3.8, 4) is 0 Å². The lowest BCUT2D eigenvalue weighted by atomic mass is 10.0. The second-order valence-electron chi connectivity index (χ2n) is 4.32. The smallest absolute Gasteiger partial charge is 0.398 e. The molecular formula is C11H9F5N2O. The molecule has 1 fully saturated rings. The molecule has 1 aromatic carbocycles. The lowest BCUT2D eigenvalue weighted by molar-refractivity contribution is -0.137. The molecule has 0 aliphatic carbocycles. The van der Waals surface area contributed by atoms with Crippen molar-refractivity contribution in [2.75, 3.05) is 18.8 Å². The number of benzene rings is 1. The molecule has 0 bridgehead atoms. The molecule has 3 nitrogen and oxygen atoms in total. The second-order valence-corrected chi connectivity index (χ2v) is 4.32. The first-order valence-corrected chi connectivity index (χ1v) is 5.24. The van der Waals surface area contributed by atoms with E-state index in [1.54, 1.807) is 0 Å². The Balaban J connectivity index is 2.25. The summed E-state index contributed by atoms with van der Waals surface area (Å²) in [7, 11) is 0. The number of amides is 1. The quantitative estimate of drug-likeness (QED) is 0.634. The molecule has 2 rings (SSSR count). The van der Waals surface area contributed by atoms with Crippen LogP contribution in [0.2, 0.25) is 0 Å². The largest absolute Gasteiger partial charge is 0.418 e. The van der Waals surface area contributed by atoms with Crippen molar-refractivity contribution in [3.05, 3.63) is 29.3 Å². The summed E-state index contributed by atoms with van der Waals surface area (Å²) in [5.74, 6) is -3.83. The summed E-state index contributed by atoms with van der Waals surface area (Å²) in [6.07, 6.45) is -4.70. The molecule has 0 saturated carbocycles. The van der Waals surface area contributed by atoms with Gasteiger partial charge in [-0.2, -0.15) is 13.2 Å². The molecule has 1 aliphatic rings. The fraction of sp³-hybridized carbons (Fsp3) is 0.364. The maximum absolute atomic E-state index is 12.6. The van der Waals surface area contributed by atoms with E-state index in [-0.39, 0.29) is 5.56 Å². The summed E-state index contributed by atoms with van der Waals surface area (Å²) in [4.78, 5) is 12.5. The molecule has 19 heavy (non-hydrogen) atoms. The number of alkyl halides is 5. The van der Waals surface area contributed by atoms with Gasteiger partial charge in [-0.1, -0.05) is 0 Å². The van der Waals surface area contributed by atoms with Crippen LogP contribution in [-0.4, -0.2) is 29.8 Å². The van der Waals surface area contributed by atoms with Gasteiger partial charge in [0.25, 0.3) is 11.8 Å². The van der Waals surface area contributed by atoms with Crippen molar-refractivity contribution in [3.63, 3.8) is 0 Å². The molecule has 0 atom stereocenters. The van der Waals surface area contributed by atoms with Crippen LogP contribution in [0.5, 0.6) is 0 Å². The Kier molecular flexibility index (Phi) is 2.91. The standard InChI is InChI=1S/C11H9F5N2O/c12-10(13)4-18(5-10)9(19)6-1-2-8(17)7(3-6)11(14,15)16/h1-3H,4-5,17H2. The summed E-state index contributed by atoms with van der Waals surface area (Å²) >= 11 is 0. The molecule has 2 N–H and O–H groups in total. The van der Waals surface area contributed by atoms with Crippen molar-refractivity contribution in [2.24, 2.45) is 0 Å². The van der Waals surface area contributed by atoms with Crippen LogP contribution in [-0.2, 0) is 6.18 Å². The first kappa shape index (κ1) is 13.6. The average molecular weight is 280 g/mol. The third-order valence-electron chi connectivity index (χ3n) is 2.74. The van der Waals surface area contributed by atoms with Crippen molar-refractivity contribution in [1.82, 2.24) is 4.90 Å². The first-order chi connectivity index (χ1) is 8.60. The number of carbonyl (C=O) groups is 1. The summed E-state index contributed by atoms with van der Waals surface area (Å²) in [5.41, 5.74) is 3.20. The van der Waals surface area contributed by atoms with E-state index in [9.17, 15) is 26.7 Å². The van der Waals surface area contributed by atoms with Gasteiger partial charge in [-0.05, 0) is 18.2 Å². The van der Waals surface area contributed by atoms with Crippen LogP contribution in [0.15, 0.2) is 18.2 Å². The monoisotopic (exact) mass is 280 g/mol. The van der Waals surface area contributed by atoms with E-state index in [0.717, 1.165) is 17.0 Å². The van der Waals surface area contributed by atoms with Crippen LogP contribution in [0.3, 0.4) is 0 Å². The van der Waals surface area contributed by atoms with E-state index in [2.05, 4.69) is 0 Å². The van der Waals surface area contributed by atoms with Gasteiger partial charge in [0.15, 0.2) is 0 Å². The van der Waals surface area contributed by atoms with Crippen LogP contribution in [0.1, 0.15) is 15.9 Å². The third-order valence-corrected chi connectivity index (χ3v) is 2.74. The lowest BCUT2D eigenvalue weighted by Gasteiger charge is -2.38. The molecule has 8 heteroatoms. The molecule has 0 radical (unpaired) electrons. The van der Waals surface area contributed by atoms with Crippen molar-refractivity contribution < 1.29 is 26.7 Å². The van der Waals surface area contributed by atoms with E-state index in [4.69, 9.17) is 5.73 Å². The minimum Gasteiger partial charge on any atom is -0.398 e. The van der Waals surface area contributed by atoms with E-state index >= 15 is 0 Å². The van der Waals surface area contributed by atoms with E-state index in [1.807, 2.05) is 0 Å². The average Bonchev–Trinajstić information content (AvgIpc) is 2.24. The maximum Gasteiger partial charge on any atom is 0.418 e. The maximum atomic E-state index is 12.6. The van der Waals surface area contributed by atoms with E-state index in [1.165, 1.54) is 0 Å². The van der Waals surface area contributed by atoms with Gasteiger partial charge in [0.05, 0.1) is 18.7 Å². The zero-order chi connectivity index (χ0) is 14.4. The van der Waals surface area contributed by atoms with Crippen molar-refractivity contribution in [2.45, 2.75) is 12.1 Å². The highest BCUT2D eigenvalue weighted by molar-refractivity contribution is 5.95. The SMILES string of the molecule is Nc1ccc(C(=O)N2CC(F)(F)C2)cc1C(F)(F)F. The molecule has 1 amide bonds. The number of anilines is 1. The van der Waals surface area contributed by atoms with Gasteiger partial charge in [0.2, 0.25) is 0 Å². The highest BCUT2D eigenvalue weighted by Crippen LogP contribution is 2.35. The Labute approximate surface area is 104 Å². The van der Waals surface area contributed by atoms with E-state index < -0.39 is 42.3 Å². The predicted molar refractivity (Wildman–Crippen MR) is 56.7 cm³/mol. The van der Waals surface area contributed by atoms with Gasteiger partial charge in [-0.25, -0.2) is 8.78 Å². The van der Waals surface area contributed by atoms with Crippen molar-refractivity contribution >= 4 is 11.6 Å². The Morgan fingerprint density at radius 2 is 1.84 bits per heavy atom. The van der Waals surface area contributed by atoms with Gasteiger partial charge < -0.3 is 10.6 Å². The van der Waals surface area contributed by atoms with Crippen LogP contribution >= 0.6 is 0 Å². The van der Waals surface area contributed by atoms with E-state index in [0.29, 0.717) is 6.07 Å². The number of carbonyl (C=O) groups excluding carboxylic acids is 1. The number of likely N-dealkylation sites (tertiary alicyclic amines) is 1. The molecule has 1 aromatic rings. The molecule has 0 aromatic heterocycles. The molecule has 0 unspecified atom stereocenters. The predicted octanol–water partition coefficient (Wildman–Crippen LogP) is 2.38. The molecule has 104 valence electrons. The number of halogens is 5. The fourth-order valence-corrected chi connectivity index (χ4v) is 1.77. The number of nitrogen functional groups attached to an aromatic ring is 1. The zero-order valence-corrected chi connectivity index (χ0v) is 9.47. The summed E-state index contributed by atoms with van der Waals surface area (Å²) in [6, 6.07) is 2.60. The normalized spacial score (nSPS) is 18.1. The molecule has 1 saturated heterocycles. The third kappa shape index (κ3) is 2.61. The van der Waals surface area contributed by atoms with Crippen LogP contribution in [0.4, 0.5) is 27.6 Å². The highest BCUT2D eigenvalue weighted by atomic mass is 19.4. The minimum absolute atomic E-state index is 0.308. The molecular weight excluding hydrogens is 271 g/mol. The number of nitrogens with zero attached hydrogens (tertiary/aromatic N) is 1. The number of hydrogen-bond acceptors (Lipinski definition) is 2. The van der Waals surface area contributed by atoms with Crippen LogP contribution in [0.25, 0.3) is 0 Å². The molecule has 1 heterocycles. The Morgan fingerprint density at radius 3 is 2.32 bits per heavy atom. The molecule has 1 aliphatic heterocycles. The molecule has 0 spiro atoms. The number of nitrogens with two attached hydrogens (primary N) is 1. The lowest BCUT2D eigenvalue weighted by Crippen LogP contribution is -2.58. The second kappa shape index (κ2) is 4.07. The first-order valence-electron chi connectivity index (χ1n) is 5.24. The van der Waals surface area contributed by atoms with Gasteiger partial charge in [-0.3, -0.25) is 4.79 Å². The van der Waals surface area contributed by atoms with Gasteiger partial charge in [0.1, 0.15) is 0 Å². The van der Waals surface area contributed by atoms with Gasteiger partial charge in [-0.15, -0.1) is 0 Å². The topological polar surface area (TPSA) is 46.3 Å². The van der Waals surface area contributed by atoms with Gasteiger partial charge in [0, 0.05) is 11.3 Å². The summed E-state index contributed by atoms with van der Waals surface area (Å²) in [5, 5.41) is 0. The van der Waals surface area contributed by atoms with Crippen LogP contribution in [0, 0.1) is 0 Å². The Bertz CT molecular complexity index is 518. The summed E-state index contributed by atoms with van der Waals surface area (Å²) in [6.45, 7) is -1.56. The minimum atomic E-state index is -4.70.